The van der Waals surface area contributed by atoms with Gasteiger partial charge in [0.1, 0.15) is 6.33 Å². The van der Waals surface area contributed by atoms with E-state index in [1.165, 1.54) is 11.9 Å². The van der Waals surface area contributed by atoms with Gasteiger partial charge < -0.3 is 4.90 Å². The van der Waals surface area contributed by atoms with Crippen LogP contribution in [-0.4, -0.2) is 45.4 Å². The van der Waals surface area contributed by atoms with Gasteiger partial charge in [-0.15, -0.1) is 0 Å². The Morgan fingerprint density at radius 1 is 1.04 bits per heavy atom. The Balaban J connectivity index is 1.50. The van der Waals surface area contributed by atoms with E-state index in [2.05, 4.69) is 19.9 Å². The number of anilines is 1. The number of rotatable bonds is 3. The molecule has 0 radical (unpaired) electrons. The SMILES string of the molecule is O=C1N(c2cncnc2)CCC12CCCN(Cc1ccncc1)C2. The predicted octanol–water partition coefficient (Wildman–Crippen LogP) is 1.89. The molecule has 0 aromatic carbocycles. The topological polar surface area (TPSA) is 62.2 Å². The van der Waals surface area contributed by atoms with E-state index in [4.69, 9.17) is 0 Å². The number of likely N-dealkylation sites (tertiary alicyclic amines) is 1. The molecule has 2 aromatic rings. The number of pyridine rings is 1. The van der Waals surface area contributed by atoms with Gasteiger partial charge in [-0.3, -0.25) is 14.7 Å². The summed E-state index contributed by atoms with van der Waals surface area (Å²) in [7, 11) is 0. The normalized spacial score (nSPS) is 24.7. The van der Waals surface area contributed by atoms with Gasteiger partial charge in [-0.1, -0.05) is 0 Å². The zero-order chi connectivity index (χ0) is 16.4. The molecule has 2 fully saturated rings. The van der Waals surface area contributed by atoms with Crippen LogP contribution in [0.3, 0.4) is 0 Å². The minimum atomic E-state index is -0.249. The highest BCUT2D eigenvalue weighted by molar-refractivity contribution is 5.99. The summed E-state index contributed by atoms with van der Waals surface area (Å²) >= 11 is 0. The second kappa shape index (κ2) is 6.28. The van der Waals surface area contributed by atoms with Gasteiger partial charge in [0, 0.05) is 32.0 Å². The van der Waals surface area contributed by atoms with Crippen molar-refractivity contribution in [3.8, 4) is 0 Å². The summed E-state index contributed by atoms with van der Waals surface area (Å²) in [4.78, 5) is 29.5. The van der Waals surface area contributed by atoms with Crippen molar-refractivity contribution >= 4 is 11.6 Å². The molecule has 4 heterocycles. The molecule has 0 aliphatic carbocycles. The molecule has 1 amide bonds. The van der Waals surface area contributed by atoms with Crippen molar-refractivity contribution in [2.24, 2.45) is 5.41 Å². The highest BCUT2D eigenvalue weighted by Crippen LogP contribution is 2.41. The number of carbonyl (C=O) groups is 1. The lowest BCUT2D eigenvalue weighted by Gasteiger charge is -2.39. The summed E-state index contributed by atoms with van der Waals surface area (Å²) in [5.41, 5.74) is 1.81. The van der Waals surface area contributed by atoms with Crippen LogP contribution in [0.4, 0.5) is 5.69 Å². The Morgan fingerprint density at radius 3 is 2.62 bits per heavy atom. The molecule has 0 saturated carbocycles. The first-order valence-corrected chi connectivity index (χ1v) is 8.45. The Kier molecular flexibility index (Phi) is 3.98. The van der Waals surface area contributed by atoms with E-state index >= 15 is 0 Å². The van der Waals surface area contributed by atoms with Crippen LogP contribution in [0.1, 0.15) is 24.8 Å². The lowest BCUT2D eigenvalue weighted by molar-refractivity contribution is -0.128. The molecule has 6 nitrogen and oxygen atoms in total. The van der Waals surface area contributed by atoms with Crippen molar-refractivity contribution in [3.05, 3.63) is 48.8 Å². The van der Waals surface area contributed by atoms with Gasteiger partial charge in [0.15, 0.2) is 0 Å². The van der Waals surface area contributed by atoms with E-state index in [0.29, 0.717) is 0 Å². The van der Waals surface area contributed by atoms with E-state index < -0.39 is 0 Å². The predicted molar refractivity (Wildman–Crippen MR) is 90.2 cm³/mol. The third-order valence-corrected chi connectivity index (χ3v) is 5.18. The molecule has 4 rings (SSSR count). The summed E-state index contributed by atoms with van der Waals surface area (Å²) in [6.07, 6.45) is 11.5. The molecule has 0 N–H and O–H groups in total. The standard InChI is InChI=1S/C18H21N5O/c24-17-18(5-9-23(17)16-10-20-14-21-11-16)4-1-8-22(13-18)12-15-2-6-19-7-3-15/h2-3,6-7,10-11,14H,1,4-5,8-9,12-13H2. The third kappa shape index (κ3) is 2.78. The fraction of sp³-hybridized carbons (Fsp3) is 0.444. The number of carbonyl (C=O) groups excluding carboxylic acids is 1. The maximum absolute atomic E-state index is 13.1. The van der Waals surface area contributed by atoms with E-state index in [0.717, 1.165) is 51.1 Å². The smallest absolute Gasteiger partial charge is 0.234 e. The average Bonchev–Trinajstić information content (AvgIpc) is 2.93. The zero-order valence-electron chi connectivity index (χ0n) is 13.6. The second-order valence-corrected chi connectivity index (χ2v) is 6.75. The van der Waals surface area contributed by atoms with Gasteiger partial charge in [-0.25, -0.2) is 9.97 Å². The van der Waals surface area contributed by atoms with Crippen LogP contribution in [0.25, 0.3) is 0 Å². The Bertz CT molecular complexity index is 708. The fourth-order valence-electron chi connectivity index (χ4n) is 3.98. The van der Waals surface area contributed by atoms with Crippen LogP contribution < -0.4 is 4.90 Å². The van der Waals surface area contributed by atoms with Gasteiger partial charge in [-0.2, -0.15) is 0 Å². The molecule has 2 aliphatic heterocycles. The highest BCUT2D eigenvalue weighted by atomic mass is 16.2. The van der Waals surface area contributed by atoms with Crippen LogP contribution in [0.2, 0.25) is 0 Å². The number of aromatic nitrogens is 3. The van der Waals surface area contributed by atoms with E-state index in [1.807, 2.05) is 29.4 Å². The number of nitrogens with zero attached hydrogens (tertiary/aromatic N) is 5. The lowest BCUT2D eigenvalue weighted by Crippen LogP contribution is -2.47. The molecule has 1 unspecified atom stereocenters. The minimum Gasteiger partial charge on any atom is -0.309 e. The number of amides is 1. The molecule has 2 aliphatic rings. The molecule has 2 aromatic heterocycles. The average molecular weight is 323 g/mol. The van der Waals surface area contributed by atoms with Gasteiger partial charge in [0.05, 0.1) is 23.5 Å². The van der Waals surface area contributed by atoms with Crippen molar-refractivity contribution in [1.82, 2.24) is 19.9 Å². The first-order valence-electron chi connectivity index (χ1n) is 8.45. The number of hydrogen-bond donors (Lipinski definition) is 0. The van der Waals surface area contributed by atoms with Gasteiger partial charge in [-0.05, 0) is 43.5 Å². The molecule has 6 heteroatoms. The van der Waals surface area contributed by atoms with E-state index in [9.17, 15) is 4.79 Å². The molecule has 2 saturated heterocycles. The van der Waals surface area contributed by atoms with Gasteiger partial charge in [0.2, 0.25) is 5.91 Å². The molecule has 124 valence electrons. The molecule has 24 heavy (non-hydrogen) atoms. The second-order valence-electron chi connectivity index (χ2n) is 6.75. The van der Waals surface area contributed by atoms with Crippen molar-refractivity contribution in [2.75, 3.05) is 24.5 Å². The Labute approximate surface area is 141 Å². The molecule has 0 bridgehead atoms. The van der Waals surface area contributed by atoms with Crippen molar-refractivity contribution in [1.29, 1.82) is 0 Å². The van der Waals surface area contributed by atoms with Gasteiger partial charge >= 0.3 is 0 Å². The summed E-state index contributed by atoms with van der Waals surface area (Å²) in [6.45, 7) is 3.52. The lowest BCUT2D eigenvalue weighted by atomic mass is 9.78. The monoisotopic (exact) mass is 323 g/mol. The first-order chi connectivity index (χ1) is 11.8. The summed E-state index contributed by atoms with van der Waals surface area (Å²) in [5, 5.41) is 0. The number of hydrogen-bond acceptors (Lipinski definition) is 5. The maximum Gasteiger partial charge on any atom is 0.234 e. The molecular weight excluding hydrogens is 302 g/mol. The zero-order valence-corrected chi connectivity index (χ0v) is 13.6. The summed E-state index contributed by atoms with van der Waals surface area (Å²) in [5.74, 6) is 0.233. The van der Waals surface area contributed by atoms with Crippen molar-refractivity contribution in [2.45, 2.75) is 25.8 Å². The van der Waals surface area contributed by atoms with Crippen LogP contribution in [0.5, 0.6) is 0 Å². The molecular formula is C18H21N5O. The Hall–Kier alpha value is -2.34. The molecule has 1 spiro atoms. The first kappa shape index (κ1) is 15.2. The number of piperidine rings is 1. The largest absolute Gasteiger partial charge is 0.309 e. The van der Waals surface area contributed by atoms with Crippen molar-refractivity contribution in [3.63, 3.8) is 0 Å². The maximum atomic E-state index is 13.1. The van der Waals surface area contributed by atoms with Crippen molar-refractivity contribution < 1.29 is 4.79 Å². The van der Waals surface area contributed by atoms with Crippen LogP contribution in [-0.2, 0) is 11.3 Å². The third-order valence-electron chi connectivity index (χ3n) is 5.18. The fourth-order valence-corrected chi connectivity index (χ4v) is 3.98. The van der Waals surface area contributed by atoms with Crippen LogP contribution >= 0.6 is 0 Å². The quantitative estimate of drug-likeness (QED) is 0.863. The Morgan fingerprint density at radius 2 is 1.83 bits per heavy atom. The summed E-state index contributed by atoms with van der Waals surface area (Å²) in [6, 6.07) is 4.09. The van der Waals surface area contributed by atoms with Crippen LogP contribution in [0, 0.1) is 5.41 Å². The minimum absolute atomic E-state index is 0.233. The van der Waals surface area contributed by atoms with Gasteiger partial charge in [0.25, 0.3) is 0 Å². The van der Waals surface area contributed by atoms with Crippen LogP contribution in [0.15, 0.2) is 43.2 Å². The van der Waals surface area contributed by atoms with E-state index in [-0.39, 0.29) is 11.3 Å². The molecule has 1 atom stereocenters. The highest BCUT2D eigenvalue weighted by Gasteiger charge is 2.49. The summed E-state index contributed by atoms with van der Waals surface area (Å²) < 4.78 is 0. The van der Waals surface area contributed by atoms with E-state index in [1.54, 1.807) is 12.4 Å².